The summed E-state index contributed by atoms with van der Waals surface area (Å²) in [7, 11) is 0. The van der Waals surface area contributed by atoms with Crippen LogP contribution in [0.1, 0.15) is 40.5 Å². The fourth-order valence-corrected chi connectivity index (χ4v) is 4.93. The van der Waals surface area contributed by atoms with E-state index in [0.717, 1.165) is 43.1 Å². The summed E-state index contributed by atoms with van der Waals surface area (Å²) in [6, 6.07) is 11.6. The molecule has 9 nitrogen and oxygen atoms in total. The predicted molar refractivity (Wildman–Crippen MR) is 141 cm³/mol. The van der Waals surface area contributed by atoms with Gasteiger partial charge in [-0.1, -0.05) is 29.8 Å². The number of fused-ring (bicyclic) bond motifs is 1. The number of pyridine rings is 1. The number of aromatic nitrogens is 3. The standard InChI is InChI=1S/C28H26ClFN4O5/c29-19-5-4-18(21(30)12-19)16-38-26-3-1-2-22(31-26)17-6-9-33(10-7-17)15-25-32-27-23(13-24(39-27)28(35)36)34(25)14-20-8-11-37-20/h1-6,12-13,20H,7-11,14-16H2,(H,35,36). The molecule has 6 rings (SSSR count). The molecule has 4 aromatic rings. The van der Waals surface area contributed by atoms with Gasteiger partial charge >= 0.3 is 5.97 Å². The maximum Gasteiger partial charge on any atom is 0.371 e. The number of halogens is 2. The van der Waals surface area contributed by atoms with Crippen molar-refractivity contribution < 1.29 is 28.2 Å². The molecule has 0 saturated carbocycles. The molecule has 202 valence electrons. The summed E-state index contributed by atoms with van der Waals surface area (Å²) in [5.41, 5.74) is 3.35. The first-order valence-electron chi connectivity index (χ1n) is 12.7. The number of ether oxygens (including phenoxy) is 2. The fraction of sp³-hybridized carbons (Fsp3) is 0.321. The highest BCUT2D eigenvalue weighted by Gasteiger charge is 2.26. The van der Waals surface area contributed by atoms with Crippen molar-refractivity contribution in [2.45, 2.75) is 38.6 Å². The summed E-state index contributed by atoms with van der Waals surface area (Å²) in [6.07, 6.45) is 3.98. The Morgan fingerprint density at radius 3 is 2.82 bits per heavy atom. The molecule has 1 fully saturated rings. The van der Waals surface area contributed by atoms with E-state index in [4.69, 9.17) is 25.5 Å². The topological polar surface area (TPSA) is 103 Å². The largest absolute Gasteiger partial charge is 0.475 e. The number of imidazole rings is 1. The van der Waals surface area contributed by atoms with Crippen LogP contribution in [-0.2, 0) is 24.4 Å². The third kappa shape index (κ3) is 5.54. The van der Waals surface area contributed by atoms with E-state index in [2.05, 4.69) is 20.9 Å². The fourth-order valence-electron chi connectivity index (χ4n) is 4.78. The quantitative estimate of drug-likeness (QED) is 0.303. The minimum atomic E-state index is -1.12. The zero-order chi connectivity index (χ0) is 26.9. The van der Waals surface area contributed by atoms with Gasteiger partial charge in [0, 0.05) is 42.4 Å². The molecule has 1 saturated heterocycles. The number of carboxylic acid groups (broad SMARTS) is 1. The lowest BCUT2D eigenvalue weighted by Gasteiger charge is -2.29. The molecule has 39 heavy (non-hydrogen) atoms. The lowest BCUT2D eigenvalue weighted by atomic mass is 10.0. The van der Waals surface area contributed by atoms with Crippen molar-refractivity contribution in [3.8, 4) is 5.88 Å². The van der Waals surface area contributed by atoms with E-state index >= 15 is 0 Å². The number of hydrogen-bond donors (Lipinski definition) is 1. The van der Waals surface area contributed by atoms with Gasteiger partial charge in [-0.3, -0.25) is 4.90 Å². The molecule has 0 aliphatic carbocycles. The van der Waals surface area contributed by atoms with Crippen LogP contribution < -0.4 is 4.74 Å². The van der Waals surface area contributed by atoms with Crippen LogP contribution in [-0.4, -0.2) is 56.3 Å². The Kier molecular flexibility index (Phi) is 7.07. The van der Waals surface area contributed by atoms with Gasteiger partial charge in [0.1, 0.15) is 23.8 Å². The van der Waals surface area contributed by atoms with Crippen molar-refractivity contribution >= 4 is 34.4 Å². The van der Waals surface area contributed by atoms with E-state index in [0.29, 0.717) is 47.3 Å². The molecule has 11 heteroatoms. The summed E-state index contributed by atoms with van der Waals surface area (Å²) in [4.78, 5) is 22.9. The second kappa shape index (κ2) is 10.8. The van der Waals surface area contributed by atoms with Crippen molar-refractivity contribution in [1.29, 1.82) is 0 Å². The number of nitrogens with zero attached hydrogens (tertiary/aromatic N) is 4. The van der Waals surface area contributed by atoms with Crippen molar-refractivity contribution in [2.75, 3.05) is 19.7 Å². The first-order chi connectivity index (χ1) is 18.9. The van der Waals surface area contributed by atoms with Gasteiger partial charge in [-0.15, -0.1) is 0 Å². The molecule has 3 aromatic heterocycles. The molecule has 5 heterocycles. The highest BCUT2D eigenvalue weighted by atomic mass is 35.5. The van der Waals surface area contributed by atoms with E-state index in [-0.39, 0.29) is 18.5 Å². The Morgan fingerprint density at radius 2 is 2.10 bits per heavy atom. The lowest BCUT2D eigenvalue weighted by Crippen LogP contribution is -2.33. The van der Waals surface area contributed by atoms with Gasteiger partial charge < -0.3 is 23.6 Å². The van der Waals surface area contributed by atoms with Crippen LogP contribution in [0.2, 0.25) is 5.02 Å². The maximum absolute atomic E-state index is 14.1. The monoisotopic (exact) mass is 552 g/mol. The normalized spacial score (nSPS) is 17.7. The van der Waals surface area contributed by atoms with E-state index in [9.17, 15) is 14.3 Å². The van der Waals surface area contributed by atoms with Gasteiger partial charge in [-0.2, -0.15) is 4.98 Å². The number of rotatable bonds is 9. The molecule has 0 radical (unpaired) electrons. The van der Waals surface area contributed by atoms with Crippen molar-refractivity contribution in [3.63, 3.8) is 0 Å². The number of carbonyl (C=O) groups is 1. The van der Waals surface area contributed by atoms with Crippen LogP contribution in [0.4, 0.5) is 4.39 Å². The molecule has 1 unspecified atom stereocenters. The molecule has 1 aromatic carbocycles. The molecular weight excluding hydrogens is 527 g/mol. The Hall–Kier alpha value is -3.73. The minimum absolute atomic E-state index is 0.0572. The number of carboxylic acids is 1. The van der Waals surface area contributed by atoms with E-state index in [1.165, 1.54) is 12.1 Å². The minimum Gasteiger partial charge on any atom is -0.475 e. The average Bonchev–Trinajstić information content (AvgIpc) is 3.45. The molecule has 0 spiro atoms. The van der Waals surface area contributed by atoms with E-state index in [1.807, 2.05) is 16.7 Å². The van der Waals surface area contributed by atoms with Crippen molar-refractivity contribution in [2.24, 2.45) is 0 Å². The lowest BCUT2D eigenvalue weighted by molar-refractivity contribution is -0.0591. The Bertz CT molecular complexity index is 1560. The van der Waals surface area contributed by atoms with E-state index in [1.54, 1.807) is 18.2 Å². The smallest absolute Gasteiger partial charge is 0.371 e. The van der Waals surface area contributed by atoms with Crippen LogP contribution in [0.5, 0.6) is 5.88 Å². The number of furan rings is 1. The molecule has 1 atom stereocenters. The Balaban J connectivity index is 1.13. The molecule has 2 aliphatic heterocycles. The third-order valence-corrected chi connectivity index (χ3v) is 7.25. The van der Waals surface area contributed by atoms with Crippen LogP contribution in [0, 0.1) is 5.82 Å². The SMILES string of the molecule is O=C(O)c1cc2c(nc(CN3CC=C(c4cccc(OCc5ccc(Cl)cc5F)n4)CC3)n2CC2CCO2)o1. The summed E-state index contributed by atoms with van der Waals surface area (Å²) >= 11 is 5.83. The van der Waals surface area contributed by atoms with Crippen LogP contribution in [0.25, 0.3) is 16.8 Å². The summed E-state index contributed by atoms with van der Waals surface area (Å²) in [5, 5.41) is 9.64. The Morgan fingerprint density at radius 1 is 1.23 bits per heavy atom. The highest BCUT2D eigenvalue weighted by molar-refractivity contribution is 6.30. The number of aromatic carboxylic acids is 1. The van der Waals surface area contributed by atoms with E-state index < -0.39 is 11.8 Å². The maximum atomic E-state index is 14.1. The molecule has 1 N–H and O–H groups in total. The second-order valence-corrected chi connectivity index (χ2v) is 10.1. The number of benzene rings is 1. The first kappa shape index (κ1) is 25.5. The summed E-state index contributed by atoms with van der Waals surface area (Å²) < 4.78 is 32.9. The van der Waals surface area contributed by atoms with Crippen molar-refractivity contribution in [1.82, 2.24) is 19.4 Å². The molecular formula is C28H26ClFN4O5. The zero-order valence-corrected chi connectivity index (χ0v) is 21.7. The third-order valence-electron chi connectivity index (χ3n) is 7.02. The van der Waals surface area contributed by atoms with Gasteiger partial charge in [0.15, 0.2) is 0 Å². The van der Waals surface area contributed by atoms with Gasteiger partial charge in [0.05, 0.1) is 24.9 Å². The first-order valence-corrected chi connectivity index (χ1v) is 13.1. The highest BCUT2D eigenvalue weighted by Crippen LogP contribution is 2.27. The predicted octanol–water partition coefficient (Wildman–Crippen LogP) is 5.17. The summed E-state index contributed by atoms with van der Waals surface area (Å²) in [6.45, 7) is 3.49. The van der Waals surface area contributed by atoms with Crippen LogP contribution in [0.3, 0.4) is 0 Å². The van der Waals surface area contributed by atoms with Crippen molar-refractivity contribution in [3.05, 3.63) is 82.2 Å². The van der Waals surface area contributed by atoms with Crippen LogP contribution >= 0.6 is 11.6 Å². The second-order valence-electron chi connectivity index (χ2n) is 9.63. The van der Waals surface area contributed by atoms with Gasteiger partial charge in [0.25, 0.3) is 0 Å². The van der Waals surface area contributed by atoms with Gasteiger partial charge in [-0.05, 0) is 36.6 Å². The molecule has 2 aliphatic rings. The zero-order valence-electron chi connectivity index (χ0n) is 21.0. The Labute approximate surface area is 228 Å². The average molecular weight is 553 g/mol. The van der Waals surface area contributed by atoms with Crippen LogP contribution in [0.15, 0.2) is 53.0 Å². The van der Waals surface area contributed by atoms with Gasteiger partial charge in [-0.25, -0.2) is 14.2 Å². The molecule has 0 bridgehead atoms. The molecule has 0 amide bonds. The summed E-state index contributed by atoms with van der Waals surface area (Å²) in [5.74, 6) is -0.408. The number of hydrogen-bond acceptors (Lipinski definition) is 7. The van der Waals surface area contributed by atoms with Gasteiger partial charge in [0.2, 0.25) is 17.4 Å².